The molecule has 0 saturated heterocycles. The van der Waals surface area contributed by atoms with Crippen LogP contribution in [-0.4, -0.2) is 33.6 Å². The average Bonchev–Trinajstić information content (AvgIpc) is 3.00. The van der Waals surface area contributed by atoms with Gasteiger partial charge in [-0.15, -0.1) is 0 Å². The molecule has 0 aromatic carbocycles. The third-order valence-electron chi connectivity index (χ3n) is 4.68. The van der Waals surface area contributed by atoms with Gasteiger partial charge in [-0.05, 0) is 49.6 Å². The number of aliphatic carboxylic acids is 2. The molecule has 6 heteroatoms. The van der Waals surface area contributed by atoms with Gasteiger partial charge in [0.2, 0.25) is 0 Å². The molecule has 23 heavy (non-hydrogen) atoms. The Morgan fingerprint density at radius 3 is 1.96 bits per heavy atom. The van der Waals surface area contributed by atoms with Gasteiger partial charge >= 0.3 is 11.9 Å². The zero-order chi connectivity index (χ0) is 17.4. The fourth-order valence-electron chi connectivity index (χ4n) is 3.77. The normalized spacial score (nSPS) is 17.7. The lowest BCUT2D eigenvalue weighted by molar-refractivity contribution is -0.134. The first-order valence-electron chi connectivity index (χ1n) is 7.52. The lowest BCUT2D eigenvalue weighted by Gasteiger charge is -2.43. The number of allylic oxidation sites excluding steroid dienone is 2. The van der Waals surface area contributed by atoms with Gasteiger partial charge < -0.3 is 15.1 Å². The number of hydrogen-bond acceptors (Lipinski definition) is 4. The van der Waals surface area contributed by atoms with Crippen molar-refractivity contribution in [1.82, 2.24) is 4.90 Å². The number of thiophene rings is 1. The zero-order valence-corrected chi connectivity index (χ0v) is 14.5. The first-order chi connectivity index (χ1) is 10.8. The minimum atomic E-state index is -1.13. The summed E-state index contributed by atoms with van der Waals surface area (Å²) in [5.74, 6) is -2.14. The average molecular weight is 335 g/mol. The predicted molar refractivity (Wildman–Crippen MR) is 89.3 cm³/mol. The molecule has 0 bridgehead atoms. The Morgan fingerprint density at radius 1 is 1.13 bits per heavy atom. The van der Waals surface area contributed by atoms with Crippen molar-refractivity contribution in [1.29, 1.82) is 0 Å². The van der Waals surface area contributed by atoms with Crippen LogP contribution >= 0.6 is 11.3 Å². The number of nitrogens with zero attached hydrogens (tertiary/aromatic N) is 1. The van der Waals surface area contributed by atoms with E-state index in [0.717, 1.165) is 5.56 Å². The Hall–Kier alpha value is -2.08. The van der Waals surface area contributed by atoms with Gasteiger partial charge in [-0.3, -0.25) is 0 Å². The lowest BCUT2D eigenvalue weighted by atomic mass is 9.64. The van der Waals surface area contributed by atoms with Gasteiger partial charge in [0.05, 0.1) is 16.6 Å². The van der Waals surface area contributed by atoms with Crippen molar-refractivity contribution >= 4 is 23.3 Å². The van der Waals surface area contributed by atoms with Crippen LogP contribution in [0.3, 0.4) is 0 Å². The maximum absolute atomic E-state index is 12.1. The lowest BCUT2D eigenvalue weighted by Crippen LogP contribution is -2.45. The van der Waals surface area contributed by atoms with E-state index in [1.165, 1.54) is 11.3 Å². The maximum atomic E-state index is 12.1. The van der Waals surface area contributed by atoms with Crippen LogP contribution in [0.15, 0.2) is 39.4 Å². The van der Waals surface area contributed by atoms with Crippen molar-refractivity contribution in [3.8, 4) is 0 Å². The van der Waals surface area contributed by atoms with Gasteiger partial charge in [0.25, 0.3) is 0 Å². The summed E-state index contributed by atoms with van der Waals surface area (Å²) in [4.78, 5) is 25.9. The highest BCUT2D eigenvalue weighted by atomic mass is 32.1. The van der Waals surface area contributed by atoms with E-state index in [4.69, 9.17) is 0 Å². The van der Waals surface area contributed by atoms with Crippen LogP contribution in [0.5, 0.6) is 0 Å². The number of rotatable bonds is 5. The highest BCUT2D eigenvalue weighted by Crippen LogP contribution is 2.49. The molecule has 0 fully saturated rings. The zero-order valence-electron chi connectivity index (χ0n) is 13.7. The van der Waals surface area contributed by atoms with Gasteiger partial charge in [0.15, 0.2) is 0 Å². The van der Waals surface area contributed by atoms with E-state index in [1.807, 2.05) is 30.7 Å². The second-order valence-corrected chi connectivity index (χ2v) is 6.33. The highest BCUT2D eigenvalue weighted by Gasteiger charge is 2.50. The third-order valence-corrected chi connectivity index (χ3v) is 5.36. The summed E-state index contributed by atoms with van der Waals surface area (Å²) in [6.45, 7) is 7.76. The van der Waals surface area contributed by atoms with Crippen LogP contribution in [0, 0.1) is 0 Å². The molecule has 124 valence electrons. The molecule has 1 aliphatic rings. The fourth-order valence-corrected chi connectivity index (χ4v) is 4.50. The molecule has 0 unspecified atom stereocenters. The molecule has 2 rings (SSSR count). The summed E-state index contributed by atoms with van der Waals surface area (Å²) in [5.41, 5.74) is 1.13. The molecule has 0 aliphatic carbocycles. The Morgan fingerprint density at radius 2 is 1.65 bits per heavy atom. The summed E-state index contributed by atoms with van der Waals surface area (Å²) in [7, 11) is 0. The molecule has 1 aliphatic heterocycles. The van der Waals surface area contributed by atoms with Gasteiger partial charge in [0.1, 0.15) is 0 Å². The van der Waals surface area contributed by atoms with E-state index in [9.17, 15) is 19.8 Å². The van der Waals surface area contributed by atoms with Crippen molar-refractivity contribution in [2.45, 2.75) is 39.5 Å². The van der Waals surface area contributed by atoms with Crippen LogP contribution < -0.4 is 0 Å². The molecule has 1 aromatic rings. The van der Waals surface area contributed by atoms with E-state index in [1.54, 1.807) is 18.7 Å². The summed E-state index contributed by atoms with van der Waals surface area (Å²) < 4.78 is 0. The van der Waals surface area contributed by atoms with E-state index >= 15 is 0 Å². The van der Waals surface area contributed by atoms with E-state index in [2.05, 4.69) is 0 Å². The van der Waals surface area contributed by atoms with Crippen molar-refractivity contribution in [2.24, 2.45) is 0 Å². The molecular formula is C17H21NO4S. The Labute approximate surface area is 139 Å². The Kier molecular flexibility index (Phi) is 4.66. The van der Waals surface area contributed by atoms with Crippen molar-refractivity contribution < 1.29 is 19.8 Å². The second-order valence-electron chi connectivity index (χ2n) is 5.55. The fraction of sp³-hybridized carbons (Fsp3) is 0.412. The van der Waals surface area contributed by atoms with Gasteiger partial charge in [-0.2, -0.15) is 11.3 Å². The molecule has 0 radical (unpaired) electrons. The van der Waals surface area contributed by atoms with Crippen molar-refractivity contribution in [2.75, 3.05) is 6.54 Å². The monoisotopic (exact) mass is 335 g/mol. The Bertz CT molecular complexity index is 662. The summed E-state index contributed by atoms with van der Waals surface area (Å²) in [5, 5.41) is 23.4. The molecule has 0 saturated carbocycles. The van der Waals surface area contributed by atoms with Gasteiger partial charge in [-0.25, -0.2) is 9.59 Å². The number of carboxylic acid groups (broad SMARTS) is 2. The standard InChI is InChI=1S/C17H21NO4S/c1-5-17(12-7-8-23-9-12)13(15(19)20)10(3)18(6-2)11(4)14(17)16(21)22/h7-9H,5-6H2,1-4H3,(H,19,20)(H,21,22). The van der Waals surface area contributed by atoms with Gasteiger partial charge in [-0.1, -0.05) is 6.92 Å². The Balaban J connectivity index is 2.94. The van der Waals surface area contributed by atoms with Crippen LogP contribution in [0.2, 0.25) is 0 Å². The topological polar surface area (TPSA) is 77.8 Å². The van der Waals surface area contributed by atoms with E-state index in [-0.39, 0.29) is 11.1 Å². The maximum Gasteiger partial charge on any atom is 0.334 e. The summed E-state index contributed by atoms with van der Waals surface area (Å²) >= 11 is 1.44. The molecule has 0 amide bonds. The number of carbonyl (C=O) groups is 2. The molecule has 5 nitrogen and oxygen atoms in total. The van der Waals surface area contributed by atoms with Crippen LogP contribution in [0.4, 0.5) is 0 Å². The molecular weight excluding hydrogens is 314 g/mol. The largest absolute Gasteiger partial charge is 0.478 e. The third kappa shape index (κ3) is 2.37. The predicted octanol–water partition coefficient (Wildman–Crippen LogP) is 3.45. The van der Waals surface area contributed by atoms with Crippen LogP contribution in [0.25, 0.3) is 0 Å². The first kappa shape index (κ1) is 17.3. The van der Waals surface area contributed by atoms with E-state index in [0.29, 0.717) is 24.4 Å². The SMILES string of the molecule is CCN1C(C)=C(C(=O)O)C(CC)(c2ccsc2)C(C(=O)O)=C1C. The van der Waals surface area contributed by atoms with Crippen LogP contribution in [0.1, 0.15) is 39.7 Å². The van der Waals surface area contributed by atoms with Crippen LogP contribution in [-0.2, 0) is 15.0 Å². The minimum Gasteiger partial charge on any atom is -0.478 e. The first-order valence-corrected chi connectivity index (χ1v) is 8.46. The smallest absolute Gasteiger partial charge is 0.334 e. The molecule has 2 heterocycles. The van der Waals surface area contributed by atoms with E-state index < -0.39 is 17.4 Å². The summed E-state index contributed by atoms with van der Waals surface area (Å²) in [6, 6.07) is 1.82. The molecule has 0 atom stereocenters. The second kappa shape index (κ2) is 6.20. The number of hydrogen-bond donors (Lipinski definition) is 2. The molecule has 1 aromatic heterocycles. The molecule has 2 N–H and O–H groups in total. The minimum absolute atomic E-state index is 0.156. The van der Waals surface area contributed by atoms with Crippen molar-refractivity contribution in [3.63, 3.8) is 0 Å². The van der Waals surface area contributed by atoms with Gasteiger partial charge in [0, 0.05) is 17.9 Å². The highest BCUT2D eigenvalue weighted by molar-refractivity contribution is 7.08. The quantitative estimate of drug-likeness (QED) is 0.862. The summed E-state index contributed by atoms with van der Waals surface area (Å²) in [6.07, 6.45) is 0.374. The van der Waals surface area contributed by atoms with Crippen molar-refractivity contribution in [3.05, 3.63) is 44.9 Å². The number of carboxylic acids is 2. The molecule has 0 spiro atoms.